The third-order valence-electron chi connectivity index (χ3n) is 5.95. The van der Waals surface area contributed by atoms with Crippen molar-refractivity contribution in [3.8, 4) is 0 Å². The van der Waals surface area contributed by atoms with E-state index in [1.54, 1.807) is 18.7 Å². The topological polar surface area (TPSA) is 119 Å². The third-order valence-corrected chi connectivity index (χ3v) is 5.95. The quantitative estimate of drug-likeness (QED) is 0.554. The van der Waals surface area contributed by atoms with Crippen molar-refractivity contribution in [1.82, 2.24) is 20.4 Å². The maximum Gasteiger partial charge on any atom is 0.248 e. The van der Waals surface area contributed by atoms with Crippen molar-refractivity contribution in [3.05, 3.63) is 0 Å². The molecule has 3 heterocycles. The van der Waals surface area contributed by atoms with Gasteiger partial charge >= 0.3 is 0 Å². The van der Waals surface area contributed by atoms with Gasteiger partial charge in [0.2, 0.25) is 23.6 Å². The molecule has 3 unspecified atom stereocenters. The monoisotopic (exact) mass is 394 g/mol. The lowest BCUT2D eigenvalue weighted by atomic mass is 10.0. The summed E-state index contributed by atoms with van der Waals surface area (Å²) < 4.78 is 0. The van der Waals surface area contributed by atoms with Gasteiger partial charge in [0.25, 0.3) is 0 Å². The fourth-order valence-corrected chi connectivity index (χ4v) is 4.38. The minimum Gasteiger partial charge on any atom is -0.391 e. The van der Waals surface area contributed by atoms with Crippen molar-refractivity contribution in [2.45, 2.75) is 76.7 Å². The van der Waals surface area contributed by atoms with E-state index in [0.29, 0.717) is 38.8 Å². The molecule has 0 spiro atoms. The highest BCUT2D eigenvalue weighted by atomic mass is 16.3. The average Bonchev–Trinajstić information content (AvgIpc) is 3.30. The molecule has 0 saturated carbocycles. The number of rotatable bonds is 2. The van der Waals surface area contributed by atoms with Gasteiger partial charge in [0, 0.05) is 13.1 Å². The van der Waals surface area contributed by atoms with Crippen LogP contribution < -0.4 is 10.6 Å². The van der Waals surface area contributed by atoms with Crippen LogP contribution in [0.25, 0.3) is 0 Å². The lowest BCUT2D eigenvalue weighted by molar-refractivity contribution is -0.150. The fourth-order valence-electron chi connectivity index (χ4n) is 4.38. The highest BCUT2D eigenvalue weighted by Crippen LogP contribution is 2.26. The maximum absolute atomic E-state index is 13.2. The van der Waals surface area contributed by atoms with Crippen LogP contribution in [0.5, 0.6) is 0 Å². The van der Waals surface area contributed by atoms with Gasteiger partial charge in [-0.15, -0.1) is 0 Å². The Morgan fingerprint density at radius 1 is 0.821 bits per heavy atom. The van der Waals surface area contributed by atoms with Gasteiger partial charge in [-0.2, -0.15) is 0 Å². The summed E-state index contributed by atoms with van der Waals surface area (Å²) in [5.41, 5.74) is 0. The highest BCUT2D eigenvalue weighted by Gasteiger charge is 2.45. The summed E-state index contributed by atoms with van der Waals surface area (Å²) in [5.74, 6) is -1.74. The molecule has 0 aromatic heterocycles. The molecule has 5 atom stereocenters. The minimum absolute atomic E-state index is 0.221. The standard InChI is InChI=1S/C19H30N4O5/c1-10(2)14-17(26)21-15(11(3)24)19(28)23-9-5-7-13(23)18(27)22-8-4-6-12(22)16(25)20-14/h10-15,24H,4-9H2,1-3H3,(H,20,25)(H,21,26)/t11-,12?,13?,14+,15?/m1/s1. The van der Waals surface area contributed by atoms with E-state index in [2.05, 4.69) is 10.6 Å². The number of carbonyl (C=O) groups excluding carboxylic acids is 4. The van der Waals surface area contributed by atoms with Gasteiger partial charge in [0.15, 0.2) is 0 Å². The molecule has 0 aromatic rings. The zero-order valence-corrected chi connectivity index (χ0v) is 16.7. The highest BCUT2D eigenvalue weighted by molar-refractivity contribution is 5.98. The zero-order valence-electron chi connectivity index (χ0n) is 16.7. The van der Waals surface area contributed by atoms with E-state index < -0.39 is 42.1 Å². The van der Waals surface area contributed by atoms with E-state index in [1.807, 2.05) is 0 Å². The molecule has 4 amide bonds. The number of hydrogen-bond acceptors (Lipinski definition) is 5. The van der Waals surface area contributed by atoms with Gasteiger partial charge in [-0.05, 0) is 38.5 Å². The summed E-state index contributed by atoms with van der Waals surface area (Å²) in [6.45, 7) is 5.88. The average molecular weight is 394 g/mol. The van der Waals surface area contributed by atoms with Gasteiger partial charge in [0.05, 0.1) is 6.10 Å². The molecule has 3 saturated heterocycles. The molecule has 3 N–H and O–H groups in total. The van der Waals surface area contributed by atoms with E-state index in [0.717, 1.165) is 0 Å². The van der Waals surface area contributed by atoms with Gasteiger partial charge in [-0.3, -0.25) is 19.2 Å². The fraction of sp³-hybridized carbons (Fsp3) is 0.789. The lowest BCUT2D eigenvalue weighted by Crippen LogP contribution is -2.63. The van der Waals surface area contributed by atoms with Crippen molar-refractivity contribution >= 4 is 23.6 Å². The molecular formula is C19H30N4O5. The Kier molecular flexibility index (Phi) is 5.92. The number of aliphatic hydroxyl groups is 1. The number of nitrogens with one attached hydrogen (secondary N) is 2. The number of aliphatic hydroxyl groups excluding tert-OH is 1. The SMILES string of the molecule is CC(C)[C@@H]1NC(=O)C2CCCN2C(=O)C2CCCN2C(=O)C([C@@H](C)O)NC1=O. The van der Waals surface area contributed by atoms with E-state index in [4.69, 9.17) is 0 Å². The Morgan fingerprint density at radius 2 is 1.36 bits per heavy atom. The largest absolute Gasteiger partial charge is 0.391 e. The predicted molar refractivity (Wildman–Crippen MR) is 99.9 cm³/mol. The second kappa shape index (κ2) is 8.06. The summed E-state index contributed by atoms with van der Waals surface area (Å²) in [6, 6.07) is -3.29. The van der Waals surface area contributed by atoms with Crippen molar-refractivity contribution < 1.29 is 24.3 Å². The van der Waals surface area contributed by atoms with Crippen LogP contribution in [0.4, 0.5) is 0 Å². The van der Waals surface area contributed by atoms with Crippen molar-refractivity contribution in [1.29, 1.82) is 0 Å². The molecule has 3 rings (SSSR count). The first kappa shape index (κ1) is 20.6. The molecule has 3 aliphatic heterocycles. The van der Waals surface area contributed by atoms with Crippen molar-refractivity contribution in [3.63, 3.8) is 0 Å². The van der Waals surface area contributed by atoms with Crippen LogP contribution in [0.3, 0.4) is 0 Å². The third kappa shape index (κ3) is 3.72. The Hall–Kier alpha value is -2.16. The molecule has 3 fully saturated rings. The summed E-state index contributed by atoms with van der Waals surface area (Å²) in [5, 5.41) is 15.5. The Balaban J connectivity index is 1.99. The van der Waals surface area contributed by atoms with Crippen LogP contribution >= 0.6 is 0 Å². The second-order valence-electron chi connectivity index (χ2n) is 8.34. The number of hydrogen-bond donors (Lipinski definition) is 3. The molecule has 0 radical (unpaired) electrons. The van der Waals surface area contributed by atoms with Gasteiger partial charge in [0.1, 0.15) is 24.2 Å². The van der Waals surface area contributed by atoms with Crippen LogP contribution in [0, 0.1) is 5.92 Å². The van der Waals surface area contributed by atoms with Gasteiger partial charge in [-0.1, -0.05) is 13.8 Å². The normalized spacial score (nSPS) is 33.0. The van der Waals surface area contributed by atoms with Crippen molar-refractivity contribution in [2.24, 2.45) is 5.92 Å². The smallest absolute Gasteiger partial charge is 0.248 e. The Bertz CT molecular complexity index is 661. The molecule has 0 aliphatic carbocycles. The second-order valence-corrected chi connectivity index (χ2v) is 8.34. The Morgan fingerprint density at radius 3 is 1.93 bits per heavy atom. The molecule has 28 heavy (non-hydrogen) atoms. The van der Waals surface area contributed by atoms with E-state index in [1.165, 1.54) is 11.8 Å². The van der Waals surface area contributed by atoms with Gasteiger partial charge in [-0.25, -0.2) is 0 Å². The summed E-state index contributed by atoms with van der Waals surface area (Å²) in [6.07, 6.45) is 1.31. The molecule has 9 heteroatoms. The molecule has 0 bridgehead atoms. The van der Waals surface area contributed by atoms with Crippen LogP contribution in [-0.4, -0.2) is 81.9 Å². The number of amides is 4. The Labute approximate surface area is 164 Å². The summed E-state index contributed by atoms with van der Waals surface area (Å²) in [7, 11) is 0. The molecule has 0 aromatic carbocycles. The van der Waals surface area contributed by atoms with E-state index in [9.17, 15) is 24.3 Å². The predicted octanol–water partition coefficient (Wildman–Crippen LogP) is -1.01. The first-order valence-electron chi connectivity index (χ1n) is 10.1. The van der Waals surface area contributed by atoms with Crippen LogP contribution in [-0.2, 0) is 19.2 Å². The van der Waals surface area contributed by atoms with Crippen LogP contribution in [0.15, 0.2) is 0 Å². The summed E-state index contributed by atoms with van der Waals surface area (Å²) in [4.78, 5) is 55.0. The van der Waals surface area contributed by atoms with E-state index >= 15 is 0 Å². The maximum atomic E-state index is 13.2. The van der Waals surface area contributed by atoms with Crippen LogP contribution in [0.2, 0.25) is 0 Å². The molecule has 9 nitrogen and oxygen atoms in total. The lowest BCUT2D eigenvalue weighted by Gasteiger charge is -2.36. The zero-order chi connectivity index (χ0) is 20.6. The minimum atomic E-state index is -1.16. The number of nitrogens with zero attached hydrogens (tertiary/aromatic N) is 2. The number of fused-ring (bicyclic) bond motifs is 2. The first-order chi connectivity index (χ1) is 13.2. The van der Waals surface area contributed by atoms with E-state index in [-0.39, 0.29) is 17.7 Å². The van der Waals surface area contributed by atoms with Crippen molar-refractivity contribution in [2.75, 3.05) is 13.1 Å². The molecule has 3 aliphatic rings. The first-order valence-corrected chi connectivity index (χ1v) is 10.1. The molecular weight excluding hydrogens is 364 g/mol. The molecule has 156 valence electrons. The van der Waals surface area contributed by atoms with Crippen LogP contribution in [0.1, 0.15) is 46.5 Å². The number of carbonyl (C=O) groups is 4. The summed E-state index contributed by atoms with van der Waals surface area (Å²) >= 11 is 0. The van der Waals surface area contributed by atoms with Gasteiger partial charge < -0.3 is 25.5 Å².